The number of aliphatic hydroxyl groups excluding tert-OH is 3. The van der Waals surface area contributed by atoms with Gasteiger partial charge in [0, 0.05) is 19.6 Å². The van der Waals surface area contributed by atoms with Gasteiger partial charge in [-0.05, 0) is 44.9 Å². The van der Waals surface area contributed by atoms with Gasteiger partial charge >= 0.3 is 5.97 Å². The van der Waals surface area contributed by atoms with Gasteiger partial charge in [0.25, 0.3) is 0 Å². The molecule has 0 aliphatic rings. The minimum Gasteiger partial charge on any atom is -0.462 e. The summed E-state index contributed by atoms with van der Waals surface area (Å²) in [5.41, 5.74) is 0. The van der Waals surface area contributed by atoms with Crippen molar-refractivity contribution in [1.29, 1.82) is 0 Å². The molecule has 0 saturated heterocycles. The largest absolute Gasteiger partial charge is 0.462 e. The molecule has 0 heterocycles. The summed E-state index contributed by atoms with van der Waals surface area (Å²) in [6.45, 7) is 6.36. The Hall–Kier alpha value is -2.24. The summed E-state index contributed by atoms with van der Waals surface area (Å²) in [6.07, 6.45) is 32.8. The monoisotopic (exact) mass is 854 g/mol. The Balaban J connectivity index is 4.73. The number of carbonyl (C=O) groups is 4. The second-order valence-corrected chi connectivity index (χ2v) is 17.5. The van der Waals surface area contributed by atoms with Gasteiger partial charge in [-0.25, -0.2) is 0 Å². The topological polar surface area (TPSA) is 174 Å². The molecule has 11 heteroatoms. The summed E-state index contributed by atoms with van der Waals surface area (Å²) in [7, 11) is 0. The Kier molecular flexibility index (Phi) is 41.8. The van der Waals surface area contributed by atoms with Gasteiger partial charge in [-0.2, -0.15) is 0 Å². The van der Waals surface area contributed by atoms with Crippen molar-refractivity contribution in [1.82, 2.24) is 16.0 Å². The second-order valence-electron chi connectivity index (χ2n) is 17.5. The molecule has 0 rings (SSSR count). The molecule has 0 bridgehead atoms. The molecule has 1 unspecified atom stereocenters. The lowest BCUT2D eigenvalue weighted by Crippen LogP contribution is -2.48. The van der Waals surface area contributed by atoms with E-state index in [9.17, 15) is 34.5 Å². The molecule has 0 aliphatic heterocycles. The fourth-order valence-electron chi connectivity index (χ4n) is 7.75. The first-order valence-electron chi connectivity index (χ1n) is 25.2. The van der Waals surface area contributed by atoms with Crippen molar-refractivity contribution < 1.29 is 39.2 Å². The molecule has 60 heavy (non-hydrogen) atoms. The molecule has 11 nitrogen and oxygen atoms in total. The van der Waals surface area contributed by atoms with Crippen molar-refractivity contribution in [3.63, 3.8) is 0 Å². The molecule has 0 spiro atoms. The van der Waals surface area contributed by atoms with Crippen LogP contribution in [0, 0.1) is 0 Å². The maximum atomic E-state index is 13.1. The van der Waals surface area contributed by atoms with Crippen molar-refractivity contribution in [2.75, 3.05) is 19.8 Å². The molecule has 3 amide bonds. The highest BCUT2D eigenvalue weighted by atomic mass is 16.5. The molecular weight excluding hydrogens is 759 g/mol. The van der Waals surface area contributed by atoms with E-state index in [4.69, 9.17) is 4.74 Å². The number of carbonyl (C=O) groups excluding carboxylic acids is 4. The summed E-state index contributed by atoms with van der Waals surface area (Å²) < 4.78 is 5.87. The Morgan fingerprint density at radius 1 is 0.500 bits per heavy atom. The van der Waals surface area contributed by atoms with E-state index < -0.39 is 36.1 Å². The van der Waals surface area contributed by atoms with Crippen molar-refractivity contribution >= 4 is 23.7 Å². The third-order valence-corrected chi connectivity index (χ3v) is 11.6. The predicted octanol–water partition coefficient (Wildman–Crippen LogP) is 10.0. The lowest BCUT2D eigenvalue weighted by Gasteiger charge is -2.21. The van der Waals surface area contributed by atoms with Crippen LogP contribution in [0.3, 0.4) is 0 Å². The maximum Gasteiger partial charge on any atom is 0.306 e. The number of unbranched alkanes of at least 4 members (excludes halogenated alkanes) is 24. The highest BCUT2D eigenvalue weighted by molar-refractivity contribution is 5.87. The number of hydrogen-bond donors (Lipinski definition) is 6. The number of amides is 3. The van der Waals surface area contributed by atoms with Gasteiger partial charge in [0.15, 0.2) is 0 Å². The number of aliphatic hydroxyl groups is 3. The molecule has 0 aromatic rings. The van der Waals surface area contributed by atoms with Gasteiger partial charge in [-0.3, -0.25) is 19.2 Å². The highest BCUT2D eigenvalue weighted by Gasteiger charge is 2.23. The molecular formula is C49H95N3O8. The zero-order chi connectivity index (χ0) is 44.3. The summed E-state index contributed by atoms with van der Waals surface area (Å²) in [6, 6.07) is -1.46. The average Bonchev–Trinajstić information content (AvgIpc) is 3.22. The molecule has 4 atom stereocenters. The second kappa shape index (κ2) is 43.4. The zero-order valence-electron chi connectivity index (χ0n) is 39.1. The third-order valence-electron chi connectivity index (χ3n) is 11.6. The maximum absolute atomic E-state index is 13.1. The quantitative estimate of drug-likeness (QED) is 0.0259. The number of hydrogen-bond acceptors (Lipinski definition) is 8. The minimum absolute atomic E-state index is 0.0458. The van der Waals surface area contributed by atoms with Crippen molar-refractivity contribution in [3.05, 3.63) is 0 Å². The predicted molar refractivity (Wildman–Crippen MR) is 246 cm³/mol. The van der Waals surface area contributed by atoms with E-state index in [1.807, 2.05) is 0 Å². The van der Waals surface area contributed by atoms with Gasteiger partial charge in [0.05, 0.1) is 31.6 Å². The Labute approximate surface area is 367 Å². The highest BCUT2D eigenvalue weighted by Crippen LogP contribution is 2.17. The summed E-state index contributed by atoms with van der Waals surface area (Å²) in [5, 5.41) is 38.3. The van der Waals surface area contributed by atoms with Gasteiger partial charge in [-0.1, -0.05) is 181 Å². The van der Waals surface area contributed by atoms with E-state index in [0.717, 1.165) is 57.8 Å². The van der Waals surface area contributed by atoms with Crippen molar-refractivity contribution in [2.45, 2.75) is 270 Å². The first-order valence-corrected chi connectivity index (χ1v) is 25.2. The van der Waals surface area contributed by atoms with Crippen molar-refractivity contribution in [3.8, 4) is 0 Å². The van der Waals surface area contributed by atoms with E-state index in [1.165, 1.54) is 116 Å². The normalized spacial score (nSPS) is 13.4. The van der Waals surface area contributed by atoms with Gasteiger partial charge in [0.2, 0.25) is 17.7 Å². The molecule has 354 valence electrons. The molecule has 0 saturated carbocycles. The van der Waals surface area contributed by atoms with Crippen LogP contribution < -0.4 is 16.0 Å². The lowest BCUT2D eigenvalue weighted by atomic mass is 10.0. The number of ether oxygens (including phenoxy) is 1. The van der Waals surface area contributed by atoms with Crippen LogP contribution in [0.15, 0.2) is 0 Å². The molecule has 0 aliphatic carbocycles. The number of esters is 1. The average molecular weight is 854 g/mol. The molecule has 6 N–H and O–H groups in total. The fourth-order valence-corrected chi connectivity index (χ4v) is 7.75. The van der Waals surface area contributed by atoms with E-state index >= 15 is 0 Å². The van der Waals surface area contributed by atoms with Crippen LogP contribution >= 0.6 is 0 Å². The summed E-state index contributed by atoms with van der Waals surface area (Å²) >= 11 is 0. The minimum atomic E-state index is -0.929. The molecule has 0 aromatic heterocycles. The Morgan fingerprint density at radius 3 is 1.43 bits per heavy atom. The van der Waals surface area contributed by atoms with Crippen LogP contribution in [-0.2, 0) is 23.9 Å². The van der Waals surface area contributed by atoms with Crippen molar-refractivity contribution in [2.24, 2.45) is 0 Å². The van der Waals surface area contributed by atoms with Gasteiger partial charge < -0.3 is 36.0 Å². The van der Waals surface area contributed by atoms with Crippen LogP contribution in [0.5, 0.6) is 0 Å². The van der Waals surface area contributed by atoms with Crippen LogP contribution in [0.25, 0.3) is 0 Å². The Morgan fingerprint density at radius 2 is 0.950 bits per heavy atom. The molecule has 0 radical (unpaired) electrons. The number of rotatable bonds is 45. The van der Waals surface area contributed by atoms with Crippen LogP contribution in [0.4, 0.5) is 0 Å². The summed E-state index contributed by atoms with van der Waals surface area (Å²) in [4.78, 5) is 51.5. The van der Waals surface area contributed by atoms with Crippen LogP contribution in [0.1, 0.15) is 245 Å². The molecule has 0 fully saturated rings. The lowest BCUT2D eigenvalue weighted by molar-refractivity contribution is -0.151. The first kappa shape index (κ1) is 57.8. The van der Waals surface area contributed by atoms with E-state index in [-0.39, 0.29) is 50.9 Å². The van der Waals surface area contributed by atoms with Crippen LogP contribution in [-0.4, -0.2) is 83.1 Å². The third kappa shape index (κ3) is 37.5. The standard InChI is InChI=1S/C49H95N3O8/c1-4-7-10-13-16-19-22-25-28-33-43(55)39-46(56)52-45(36-38-53)49(59)50-37-31-32-42(41-54)51-47(57)40-44(34-29-26-23-20-17-14-11-8-5-2)60-48(58)35-30-27-24-21-18-15-12-9-6-3/h42-45,53-55H,4-41H2,1-3H3,(H,50,59)(H,51,57)(H,52,56)/t42-,43-,44-,45?/m1/s1. The van der Waals surface area contributed by atoms with E-state index in [0.29, 0.717) is 32.1 Å². The van der Waals surface area contributed by atoms with Gasteiger partial charge in [0.1, 0.15) is 12.1 Å². The first-order chi connectivity index (χ1) is 29.2. The number of nitrogens with one attached hydrogen (secondary N) is 3. The fraction of sp³-hybridized carbons (Fsp3) is 0.918. The van der Waals surface area contributed by atoms with Crippen LogP contribution in [0.2, 0.25) is 0 Å². The molecule has 0 aromatic carbocycles. The SMILES string of the molecule is CCCCCCCCCCCC(=O)O[C@H](CCCCCCCCCCC)CC(=O)N[C@@H](CO)CCCNC(=O)C(CCO)NC(=O)C[C@H](O)CCCCCCCCCCC. The zero-order valence-corrected chi connectivity index (χ0v) is 39.1. The Bertz CT molecular complexity index is 1020. The smallest absolute Gasteiger partial charge is 0.306 e. The summed E-state index contributed by atoms with van der Waals surface area (Å²) in [5.74, 6) is -1.39. The van der Waals surface area contributed by atoms with Gasteiger partial charge in [-0.15, -0.1) is 0 Å². The van der Waals surface area contributed by atoms with E-state index in [2.05, 4.69) is 36.7 Å². The van der Waals surface area contributed by atoms with E-state index in [1.54, 1.807) is 0 Å².